The van der Waals surface area contributed by atoms with Gasteiger partial charge in [0.15, 0.2) is 15.7 Å². The van der Waals surface area contributed by atoms with Crippen LogP contribution < -0.4 is 4.90 Å². The van der Waals surface area contributed by atoms with Crippen LogP contribution in [0.25, 0.3) is 5.82 Å². The van der Waals surface area contributed by atoms with Crippen molar-refractivity contribution in [1.29, 1.82) is 0 Å². The molecule has 0 amide bonds. The van der Waals surface area contributed by atoms with E-state index in [-0.39, 0.29) is 16.6 Å². The molecule has 0 unspecified atom stereocenters. The highest BCUT2D eigenvalue weighted by Gasteiger charge is 2.28. The largest absolute Gasteiger partial charge is 0.356 e. The maximum Gasteiger partial charge on any atom is 0.282 e. The summed E-state index contributed by atoms with van der Waals surface area (Å²) in [4.78, 5) is 6.26. The highest BCUT2D eigenvalue weighted by atomic mass is 32.2. The fourth-order valence-electron chi connectivity index (χ4n) is 3.64. The Morgan fingerprint density at radius 2 is 1.89 bits per heavy atom. The van der Waals surface area contributed by atoms with E-state index >= 15 is 0 Å². The van der Waals surface area contributed by atoms with E-state index < -0.39 is 16.3 Å². The third kappa shape index (κ3) is 3.97. The number of hydrogen-bond acceptors (Lipinski definition) is 5. The highest BCUT2D eigenvalue weighted by Crippen LogP contribution is 2.34. The average molecular weight is 398 g/mol. The van der Waals surface area contributed by atoms with Gasteiger partial charge in [-0.25, -0.2) is 22.2 Å². The van der Waals surface area contributed by atoms with Crippen molar-refractivity contribution in [3.05, 3.63) is 29.6 Å². The lowest BCUT2D eigenvalue weighted by molar-refractivity contribution is 0.144. The Balaban J connectivity index is 2.07. The number of sulfone groups is 1. The monoisotopic (exact) mass is 398 g/mol. The van der Waals surface area contributed by atoms with Crippen LogP contribution in [-0.4, -0.2) is 42.5 Å². The summed E-state index contributed by atoms with van der Waals surface area (Å²) in [5.41, 5.74) is 0.147. The lowest BCUT2D eigenvalue weighted by atomic mass is 9.94. The summed E-state index contributed by atoms with van der Waals surface area (Å²) in [7, 11) is -1.48. The first kappa shape index (κ1) is 19.7. The van der Waals surface area contributed by atoms with Crippen molar-refractivity contribution in [3.8, 4) is 5.82 Å². The Bertz CT molecular complexity index is 904. The summed E-state index contributed by atoms with van der Waals surface area (Å²) >= 11 is 0. The molecule has 6 nitrogen and oxygen atoms in total. The van der Waals surface area contributed by atoms with Gasteiger partial charge >= 0.3 is 0 Å². The molecule has 2 aromatic heterocycles. The Labute approximate surface area is 158 Å². The second kappa shape index (κ2) is 7.53. The summed E-state index contributed by atoms with van der Waals surface area (Å²) in [5, 5.41) is 4.10. The molecular formula is C18H24F2N4O2S. The Kier molecular flexibility index (Phi) is 5.50. The predicted octanol–water partition coefficient (Wildman–Crippen LogP) is 3.69. The van der Waals surface area contributed by atoms with Crippen molar-refractivity contribution < 1.29 is 17.2 Å². The first-order valence-corrected chi connectivity index (χ1v) is 10.9. The third-order valence-corrected chi connectivity index (χ3v) is 6.25. The van der Waals surface area contributed by atoms with Crippen LogP contribution >= 0.6 is 0 Å². The first-order chi connectivity index (χ1) is 12.7. The molecule has 0 atom stereocenters. The number of aromatic nitrogens is 3. The molecule has 0 aromatic carbocycles. The molecule has 0 spiro atoms. The number of nitrogens with zero attached hydrogens (tertiary/aromatic N) is 4. The van der Waals surface area contributed by atoms with E-state index in [1.807, 2.05) is 11.9 Å². The second-order valence-corrected chi connectivity index (χ2v) is 9.09. The van der Waals surface area contributed by atoms with Gasteiger partial charge in [-0.15, -0.1) is 0 Å². The molecule has 2 heterocycles. The van der Waals surface area contributed by atoms with Gasteiger partial charge < -0.3 is 4.90 Å². The van der Waals surface area contributed by atoms with Crippen LogP contribution in [0.4, 0.5) is 14.6 Å². The quantitative estimate of drug-likeness (QED) is 0.768. The fourth-order valence-corrected chi connectivity index (χ4v) is 4.20. The summed E-state index contributed by atoms with van der Waals surface area (Å²) in [6.07, 6.45) is 5.07. The van der Waals surface area contributed by atoms with Crippen LogP contribution in [0, 0.1) is 6.92 Å². The molecule has 0 N–H and O–H groups in total. The van der Waals surface area contributed by atoms with Crippen molar-refractivity contribution in [2.75, 3.05) is 18.2 Å². The molecule has 1 aliphatic carbocycles. The summed E-state index contributed by atoms with van der Waals surface area (Å²) in [6, 6.07) is 3.17. The minimum absolute atomic E-state index is 0.0754. The van der Waals surface area contributed by atoms with Gasteiger partial charge in [0, 0.05) is 31.1 Å². The molecule has 0 aliphatic heterocycles. The van der Waals surface area contributed by atoms with Gasteiger partial charge in [-0.2, -0.15) is 9.78 Å². The van der Waals surface area contributed by atoms with E-state index in [0.717, 1.165) is 31.9 Å². The Hall–Kier alpha value is -2.03. The number of alkyl halides is 2. The second-order valence-electron chi connectivity index (χ2n) is 7.07. The van der Waals surface area contributed by atoms with Crippen molar-refractivity contribution in [2.24, 2.45) is 0 Å². The van der Waals surface area contributed by atoms with E-state index in [1.54, 1.807) is 6.92 Å². The van der Waals surface area contributed by atoms with Gasteiger partial charge in [0.1, 0.15) is 11.5 Å². The molecule has 1 fully saturated rings. The normalized spacial score (nSPS) is 16.1. The molecule has 1 aliphatic rings. The van der Waals surface area contributed by atoms with Crippen LogP contribution in [-0.2, 0) is 9.84 Å². The number of rotatable bonds is 5. The van der Waals surface area contributed by atoms with Crippen LogP contribution in [0.15, 0.2) is 23.2 Å². The van der Waals surface area contributed by atoms with E-state index in [1.165, 1.54) is 29.4 Å². The van der Waals surface area contributed by atoms with Crippen LogP contribution in [0.3, 0.4) is 0 Å². The van der Waals surface area contributed by atoms with Crippen molar-refractivity contribution in [3.63, 3.8) is 0 Å². The summed E-state index contributed by atoms with van der Waals surface area (Å²) in [5.74, 6) is 0.895. The molecule has 1 saturated carbocycles. The topological polar surface area (TPSA) is 68.1 Å². The number of pyridine rings is 1. The maximum absolute atomic E-state index is 13.5. The van der Waals surface area contributed by atoms with Crippen LogP contribution in [0.5, 0.6) is 0 Å². The zero-order valence-electron chi connectivity index (χ0n) is 15.7. The van der Waals surface area contributed by atoms with Gasteiger partial charge in [0.25, 0.3) is 6.43 Å². The SMILES string of the molecule is Cc1c(C(F)F)nn(-c2ccc(S(C)(=O)=O)cn2)c1N(C)C1CCCCC1. The molecule has 27 heavy (non-hydrogen) atoms. The average Bonchev–Trinajstić information content (AvgIpc) is 2.98. The van der Waals surface area contributed by atoms with Crippen molar-refractivity contribution >= 4 is 15.7 Å². The van der Waals surface area contributed by atoms with Gasteiger partial charge in [0.2, 0.25) is 0 Å². The van der Waals surface area contributed by atoms with E-state index in [4.69, 9.17) is 0 Å². The number of halogens is 2. The Morgan fingerprint density at radius 3 is 2.41 bits per heavy atom. The fraction of sp³-hybridized carbons (Fsp3) is 0.556. The van der Waals surface area contributed by atoms with E-state index in [2.05, 4.69) is 10.1 Å². The standard InChI is InChI=1S/C18H24F2N4O2S/c1-12-16(17(19)20)22-24(15-10-9-14(11-21-15)27(3,25)26)18(12)23(2)13-7-5-4-6-8-13/h9-11,13,17H,4-8H2,1-3H3. The van der Waals surface area contributed by atoms with Gasteiger partial charge in [-0.1, -0.05) is 19.3 Å². The van der Waals surface area contributed by atoms with E-state index in [0.29, 0.717) is 17.2 Å². The smallest absolute Gasteiger partial charge is 0.282 e. The lowest BCUT2D eigenvalue weighted by Gasteiger charge is -2.33. The molecule has 0 radical (unpaired) electrons. The van der Waals surface area contributed by atoms with E-state index in [9.17, 15) is 17.2 Å². The molecule has 2 aromatic rings. The summed E-state index contributed by atoms with van der Waals surface area (Å²) in [6.45, 7) is 1.64. The highest BCUT2D eigenvalue weighted by molar-refractivity contribution is 7.90. The molecule has 148 valence electrons. The third-order valence-electron chi connectivity index (χ3n) is 5.16. The van der Waals surface area contributed by atoms with Crippen molar-refractivity contribution in [2.45, 2.75) is 56.4 Å². The Morgan fingerprint density at radius 1 is 1.22 bits per heavy atom. The zero-order valence-corrected chi connectivity index (χ0v) is 16.5. The molecular weight excluding hydrogens is 374 g/mol. The van der Waals surface area contributed by atoms with Gasteiger partial charge in [-0.05, 0) is 31.9 Å². The zero-order chi connectivity index (χ0) is 19.8. The number of hydrogen-bond donors (Lipinski definition) is 0. The van der Waals surface area contributed by atoms with Gasteiger partial charge in [-0.3, -0.25) is 0 Å². The molecule has 3 rings (SSSR count). The van der Waals surface area contributed by atoms with Gasteiger partial charge in [0.05, 0.1) is 4.90 Å². The molecule has 0 bridgehead atoms. The number of anilines is 1. The molecule has 0 saturated heterocycles. The first-order valence-electron chi connectivity index (χ1n) is 8.97. The molecule has 9 heteroatoms. The van der Waals surface area contributed by atoms with Crippen LogP contribution in [0.2, 0.25) is 0 Å². The minimum Gasteiger partial charge on any atom is -0.356 e. The lowest BCUT2D eigenvalue weighted by Crippen LogP contribution is -2.35. The van der Waals surface area contributed by atoms with Crippen LogP contribution in [0.1, 0.15) is 49.8 Å². The minimum atomic E-state index is -3.38. The maximum atomic E-state index is 13.5. The predicted molar refractivity (Wildman–Crippen MR) is 99.4 cm³/mol. The summed E-state index contributed by atoms with van der Waals surface area (Å²) < 4.78 is 51.6. The van der Waals surface area contributed by atoms with Crippen molar-refractivity contribution in [1.82, 2.24) is 14.8 Å².